The number of oxazole rings is 1. The second-order valence-electron chi connectivity index (χ2n) is 3.72. The normalized spacial score (nSPS) is 11.7. The zero-order valence-electron chi connectivity index (χ0n) is 9.40. The number of alkyl halides is 3. The first-order chi connectivity index (χ1) is 8.85. The van der Waals surface area contributed by atoms with E-state index in [2.05, 4.69) is 10.3 Å². The summed E-state index contributed by atoms with van der Waals surface area (Å²) in [5.41, 5.74) is 0.312. The lowest BCUT2D eigenvalue weighted by Crippen LogP contribution is -2.14. The molecule has 1 aromatic carbocycles. The first-order valence-electron chi connectivity index (χ1n) is 5.21. The number of non-ortho nitro benzene ring substituents is 1. The van der Waals surface area contributed by atoms with E-state index in [0.29, 0.717) is 0 Å². The molecule has 0 bridgehead atoms. The van der Waals surface area contributed by atoms with Gasteiger partial charge in [0.2, 0.25) is 0 Å². The Kier molecular flexibility index (Phi) is 3.28. The summed E-state index contributed by atoms with van der Waals surface area (Å²) in [6, 6.07) is 3.66. The van der Waals surface area contributed by atoms with Gasteiger partial charge in [-0.15, -0.1) is 0 Å². The highest BCUT2D eigenvalue weighted by Crippen LogP contribution is 2.24. The van der Waals surface area contributed by atoms with Crippen LogP contribution in [-0.4, -0.2) is 22.6 Å². The molecule has 0 radical (unpaired) electrons. The predicted octanol–water partition coefficient (Wildman–Crippen LogP) is 3.10. The smallest absolute Gasteiger partial charge is 0.390 e. The molecule has 0 spiro atoms. The van der Waals surface area contributed by atoms with Crippen molar-refractivity contribution in [3.05, 3.63) is 28.3 Å². The number of rotatable bonds is 4. The third kappa shape index (κ3) is 3.33. The minimum Gasteiger partial charge on any atom is -0.424 e. The monoisotopic (exact) mass is 275 g/mol. The summed E-state index contributed by atoms with van der Waals surface area (Å²) in [6.07, 6.45) is -5.29. The van der Waals surface area contributed by atoms with Crippen LogP contribution in [0.25, 0.3) is 11.1 Å². The van der Waals surface area contributed by atoms with Crippen LogP contribution in [0.4, 0.5) is 24.9 Å². The van der Waals surface area contributed by atoms with Crippen LogP contribution < -0.4 is 5.32 Å². The maximum absolute atomic E-state index is 11.9. The predicted molar refractivity (Wildman–Crippen MR) is 59.8 cm³/mol. The van der Waals surface area contributed by atoms with Gasteiger partial charge in [0.15, 0.2) is 5.58 Å². The van der Waals surface area contributed by atoms with Crippen LogP contribution in [0.2, 0.25) is 0 Å². The van der Waals surface area contributed by atoms with E-state index in [9.17, 15) is 23.3 Å². The third-order valence-corrected chi connectivity index (χ3v) is 2.27. The number of halogens is 3. The van der Waals surface area contributed by atoms with E-state index in [4.69, 9.17) is 4.42 Å². The number of benzene rings is 1. The van der Waals surface area contributed by atoms with Gasteiger partial charge in [0.25, 0.3) is 11.7 Å². The summed E-state index contributed by atoms with van der Waals surface area (Å²) < 4.78 is 40.9. The average molecular weight is 275 g/mol. The number of nitrogens with zero attached hydrogens (tertiary/aromatic N) is 2. The van der Waals surface area contributed by atoms with Crippen molar-refractivity contribution in [1.29, 1.82) is 0 Å². The second kappa shape index (κ2) is 4.75. The Morgan fingerprint density at radius 2 is 2.16 bits per heavy atom. The largest absolute Gasteiger partial charge is 0.424 e. The lowest BCUT2D eigenvalue weighted by atomic mass is 10.3. The highest BCUT2D eigenvalue weighted by molar-refractivity contribution is 5.77. The van der Waals surface area contributed by atoms with Crippen molar-refractivity contribution in [2.75, 3.05) is 11.9 Å². The van der Waals surface area contributed by atoms with E-state index in [1.165, 1.54) is 18.2 Å². The van der Waals surface area contributed by atoms with Crippen LogP contribution in [-0.2, 0) is 0 Å². The molecule has 0 amide bonds. The summed E-state index contributed by atoms with van der Waals surface area (Å²) in [5.74, 6) is 0. The maximum Gasteiger partial charge on any atom is 0.390 e. The van der Waals surface area contributed by atoms with Crippen molar-refractivity contribution in [1.82, 2.24) is 4.98 Å². The molecule has 0 saturated heterocycles. The highest BCUT2D eigenvalue weighted by atomic mass is 19.4. The first kappa shape index (κ1) is 13.1. The van der Waals surface area contributed by atoms with Crippen molar-refractivity contribution in [3.8, 4) is 0 Å². The Morgan fingerprint density at radius 1 is 1.42 bits per heavy atom. The van der Waals surface area contributed by atoms with Gasteiger partial charge in [-0.2, -0.15) is 18.2 Å². The molecule has 9 heteroatoms. The standard InChI is InChI=1S/C10H8F3N3O3/c11-10(12,13)3-4-14-9-15-7-5-6(16(17)18)1-2-8(7)19-9/h1-2,5H,3-4H2,(H,14,15). The summed E-state index contributed by atoms with van der Waals surface area (Å²) in [6.45, 7) is -0.377. The van der Waals surface area contributed by atoms with Crippen molar-refractivity contribution < 1.29 is 22.5 Å². The van der Waals surface area contributed by atoms with E-state index >= 15 is 0 Å². The second-order valence-corrected chi connectivity index (χ2v) is 3.72. The van der Waals surface area contributed by atoms with Crippen LogP contribution in [0.5, 0.6) is 0 Å². The Hall–Kier alpha value is -2.32. The van der Waals surface area contributed by atoms with Gasteiger partial charge in [-0.3, -0.25) is 10.1 Å². The molecule has 0 saturated carbocycles. The maximum atomic E-state index is 11.9. The molecule has 0 fully saturated rings. The van der Waals surface area contributed by atoms with Crippen molar-refractivity contribution >= 4 is 22.8 Å². The first-order valence-corrected chi connectivity index (χ1v) is 5.21. The molecule has 2 aromatic rings. The lowest BCUT2D eigenvalue weighted by Gasteiger charge is -2.05. The minimum absolute atomic E-state index is 0.0975. The fraction of sp³-hybridized carbons (Fsp3) is 0.300. The van der Waals surface area contributed by atoms with Gasteiger partial charge < -0.3 is 9.73 Å². The molecule has 1 heterocycles. The zero-order valence-corrected chi connectivity index (χ0v) is 9.40. The molecule has 102 valence electrons. The molecule has 1 N–H and O–H groups in total. The minimum atomic E-state index is -4.27. The Bertz CT molecular complexity index is 609. The average Bonchev–Trinajstić information content (AvgIpc) is 2.68. The van der Waals surface area contributed by atoms with Gasteiger partial charge in [0.05, 0.1) is 11.3 Å². The molecule has 6 nitrogen and oxygen atoms in total. The summed E-state index contributed by atoms with van der Waals surface area (Å²) >= 11 is 0. The zero-order chi connectivity index (χ0) is 14.0. The Balaban J connectivity index is 2.11. The lowest BCUT2D eigenvalue weighted by molar-refractivity contribution is -0.384. The molecule has 0 unspecified atom stereocenters. The molecule has 0 aliphatic rings. The molecule has 19 heavy (non-hydrogen) atoms. The van der Waals surface area contributed by atoms with Crippen molar-refractivity contribution in [2.24, 2.45) is 0 Å². The van der Waals surface area contributed by atoms with E-state index < -0.39 is 17.5 Å². The molecule has 1 aromatic heterocycles. The van der Waals surface area contributed by atoms with Crippen LogP contribution in [0, 0.1) is 10.1 Å². The fourth-order valence-corrected chi connectivity index (χ4v) is 1.42. The number of anilines is 1. The van der Waals surface area contributed by atoms with Gasteiger partial charge in [-0.25, -0.2) is 0 Å². The van der Waals surface area contributed by atoms with Gasteiger partial charge in [-0.05, 0) is 6.07 Å². The number of hydrogen-bond acceptors (Lipinski definition) is 5. The van der Waals surface area contributed by atoms with E-state index in [0.717, 1.165) is 0 Å². The number of hydrogen-bond donors (Lipinski definition) is 1. The Morgan fingerprint density at radius 3 is 2.79 bits per heavy atom. The summed E-state index contributed by atoms with van der Waals surface area (Å²) in [5, 5.41) is 12.9. The fourth-order valence-electron chi connectivity index (χ4n) is 1.42. The van der Waals surface area contributed by atoms with Crippen molar-refractivity contribution in [2.45, 2.75) is 12.6 Å². The number of nitro benzene ring substituents is 1. The highest BCUT2D eigenvalue weighted by Gasteiger charge is 2.26. The number of nitro groups is 1. The molecule has 2 rings (SSSR count). The van der Waals surface area contributed by atoms with Crippen LogP contribution in [0.3, 0.4) is 0 Å². The van der Waals surface area contributed by atoms with Gasteiger partial charge in [0.1, 0.15) is 5.52 Å². The quantitative estimate of drug-likeness (QED) is 0.684. The van der Waals surface area contributed by atoms with E-state index in [1.54, 1.807) is 0 Å². The van der Waals surface area contributed by atoms with Crippen molar-refractivity contribution in [3.63, 3.8) is 0 Å². The summed E-state index contributed by atoms with van der Waals surface area (Å²) in [4.78, 5) is 13.8. The number of nitrogens with one attached hydrogen (secondary N) is 1. The molecule has 0 atom stereocenters. The third-order valence-electron chi connectivity index (χ3n) is 2.27. The SMILES string of the molecule is O=[N+]([O-])c1ccc2oc(NCCC(F)(F)F)nc2c1. The van der Waals surface area contributed by atoms with Gasteiger partial charge in [0, 0.05) is 18.7 Å². The molecule has 0 aliphatic heterocycles. The topological polar surface area (TPSA) is 81.2 Å². The van der Waals surface area contributed by atoms with E-state index in [-0.39, 0.29) is 29.3 Å². The number of fused-ring (bicyclic) bond motifs is 1. The van der Waals surface area contributed by atoms with Gasteiger partial charge in [-0.1, -0.05) is 0 Å². The van der Waals surface area contributed by atoms with Crippen LogP contribution >= 0.6 is 0 Å². The number of aromatic nitrogens is 1. The van der Waals surface area contributed by atoms with Crippen LogP contribution in [0.15, 0.2) is 22.6 Å². The Labute approximate surface area is 104 Å². The summed E-state index contributed by atoms with van der Waals surface area (Å²) in [7, 11) is 0. The molecule has 0 aliphatic carbocycles. The van der Waals surface area contributed by atoms with E-state index in [1.807, 2.05) is 0 Å². The van der Waals surface area contributed by atoms with Crippen LogP contribution in [0.1, 0.15) is 6.42 Å². The molecular weight excluding hydrogens is 267 g/mol. The molecular formula is C10H8F3N3O3. The van der Waals surface area contributed by atoms with Gasteiger partial charge >= 0.3 is 6.18 Å².